The lowest BCUT2D eigenvalue weighted by atomic mass is 10.0. The highest BCUT2D eigenvalue weighted by Crippen LogP contribution is 2.29. The van der Waals surface area contributed by atoms with Gasteiger partial charge in [0.05, 0.1) is 0 Å². The lowest BCUT2D eigenvalue weighted by Crippen LogP contribution is -2.45. The number of para-hydroxylation sites is 1. The van der Waals surface area contributed by atoms with Crippen molar-refractivity contribution in [1.29, 1.82) is 0 Å². The first-order valence-corrected chi connectivity index (χ1v) is 10.2. The second-order valence-electron chi connectivity index (χ2n) is 7.43. The molecule has 3 aromatic carbocycles. The van der Waals surface area contributed by atoms with Crippen molar-refractivity contribution in [1.82, 2.24) is 10.2 Å². The van der Waals surface area contributed by atoms with E-state index >= 15 is 0 Å². The van der Waals surface area contributed by atoms with Crippen LogP contribution in [-0.2, 0) is 6.54 Å². The number of amides is 1. The third-order valence-corrected chi connectivity index (χ3v) is 5.33. The first-order valence-electron chi connectivity index (χ1n) is 10.2. The molecule has 1 saturated heterocycles. The van der Waals surface area contributed by atoms with Crippen molar-refractivity contribution in [2.45, 2.75) is 25.4 Å². The molecule has 148 valence electrons. The number of piperidine rings is 1. The molecule has 0 unspecified atom stereocenters. The minimum absolute atomic E-state index is 0.151. The van der Waals surface area contributed by atoms with Crippen molar-refractivity contribution in [3.63, 3.8) is 0 Å². The summed E-state index contributed by atoms with van der Waals surface area (Å²) in [5.41, 5.74) is 3.28. The maximum Gasteiger partial charge on any atom is 0.412 e. The maximum absolute atomic E-state index is 12.5. The van der Waals surface area contributed by atoms with Crippen molar-refractivity contribution < 1.29 is 9.53 Å². The second-order valence-corrected chi connectivity index (χ2v) is 7.43. The van der Waals surface area contributed by atoms with E-state index in [2.05, 4.69) is 34.5 Å². The van der Waals surface area contributed by atoms with Gasteiger partial charge in [0.25, 0.3) is 0 Å². The molecule has 0 bridgehead atoms. The number of benzene rings is 3. The van der Waals surface area contributed by atoms with Crippen LogP contribution in [0.4, 0.5) is 4.79 Å². The van der Waals surface area contributed by atoms with Gasteiger partial charge >= 0.3 is 6.09 Å². The predicted octanol–water partition coefficient (Wildman–Crippen LogP) is 5.11. The van der Waals surface area contributed by atoms with E-state index in [4.69, 9.17) is 4.74 Å². The van der Waals surface area contributed by atoms with E-state index in [1.54, 1.807) is 0 Å². The number of hydrogen-bond acceptors (Lipinski definition) is 3. The third kappa shape index (κ3) is 5.24. The van der Waals surface area contributed by atoms with E-state index in [0.717, 1.165) is 43.6 Å². The number of likely N-dealkylation sites (tertiary alicyclic amines) is 1. The fraction of sp³-hybridized carbons (Fsp3) is 0.240. The average Bonchev–Trinajstić information content (AvgIpc) is 2.77. The van der Waals surface area contributed by atoms with Gasteiger partial charge in [-0.2, -0.15) is 0 Å². The van der Waals surface area contributed by atoms with Crippen LogP contribution in [0.25, 0.3) is 11.1 Å². The molecule has 4 nitrogen and oxygen atoms in total. The highest BCUT2D eigenvalue weighted by atomic mass is 16.6. The standard InChI is InChI=1S/C25H26N2O2/c28-25(29-24-14-8-7-13-23(24)21-11-5-2-6-12-21)26-22-15-17-27(18-16-22)19-20-9-3-1-4-10-20/h1-14,22H,15-19H2,(H,26,28). The molecular weight excluding hydrogens is 360 g/mol. The smallest absolute Gasteiger partial charge is 0.410 e. The summed E-state index contributed by atoms with van der Waals surface area (Å²) in [5, 5.41) is 3.04. The number of rotatable bonds is 5. The summed E-state index contributed by atoms with van der Waals surface area (Å²) in [7, 11) is 0. The fourth-order valence-corrected chi connectivity index (χ4v) is 3.78. The minimum Gasteiger partial charge on any atom is -0.410 e. The zero-order valence-corrected chi connectivity index (χ0v) is 16.5. The molecule has 4 rings (SSSR count). The van der Waals surface area contributed by atoms with Crippen LogP contribution in [0, 0.1) is 0 Å². The molecule has 3 aromatic rings. The Morgan fingerprint density at radius 1 is 0.862 bits per heavy atom. The maximum atomic E-state index is 12.5. The van der Waals surface area contributed by atoms with E-state index in [-0.39, 0.29) is 12.1 Å². The van der Waals surface area contributed by atoms with Gasteiger partial charge in [-0.25, -0.2) is 4.79 Å². The topological polar surface area (TPSA) is 41.6 Å². The third-order valence-electron chi connectivity index (χ3n) is 5.33. The van der Waals surface area contributed by atoms with Gasteiger partial charge in [0, 0.05) is 31.2 Å². The predicted molar refractivity (Wildman–Crippen MR) is 116 cm³/mol. The summed E-state index contributed by atoms with van der Waals surface area (Å²) in [5.74, 6) is 0.581. The van der Waals surface area contributed by atoms with Crippen LogP contribution in [0.5, 0.6) is 5.75 Å². The van der Waals surface area contributed by atoms with Crippen LogP contribution in [0.2, 0.25) is 0 Å². The van der Waals surface area contributed by atoms with Gasteiger partial charge in [-0.05, 0) is 30.0 Å². The van der Waals surface area contributed by atoms with E-state index in [1.165, 1.54) is 5.56 Å². The second kappa shape index (κ2) is 9.39. The van der Waals surface area contributed by atoms with Gasteiger partial charge in [0.15, 0.2) is 0 Å². The largest absolute Gasteiger partial charge is 0.412 e. The average molecular weight is 386 g/mol. The van der Waals surface area contributed by atoms with Crippen LogP contribution < -0.4 is 10.1 Å². The van der Waals surface area contributed by atoms with Crippen molar-refractivity contribution in [3.8, 4) is 16.9 Å². The van der Waals surface area contributed by atoms with Crippen LogP contribution in [-0.4, -0.2) is 30.1 Å². The molecule has 1 aliphatic heterocycles. The monoisotopic (exact) mass is 386 g/mol. The molecule has 0 spiro atoms. The Morgan fingerprint density at radius 2 is 1.48 bits per heavy atom. The van der Waals surface area contributed by atoms with Crippen molar-refractivity contribution >= 4 is 6.09 Å². The Balaban J connectivity index is 1.30. The Labute approximate surface area is 172 Å². The van der Waals surface area contributed by atoms with Gasteiger partial charge in [0.2, 0.25) is 0 Å². The molecule has 1 aliphatic rings. The Kier molecular flexibility index (Phi) is 6.22. The van der Waals surface area contributed by atoms with Gasteiger partial charge in [0.1, 0.15) is 5.75 Å². The van der Waals surface area contributed by atoms with E-state index in [0.29, 0.717) is 5.75 Å². The summed E-state index contributed by atoms with van der Waals surface area (Å²) < 4.78 is 5.66. The molecule has 0 aliphatic carbocycles. The van der Waals surface area contributed by atoms with Crippen molar-refractivity contribution in [3.05, 3.63) is 90.5 Å². The van der Waals surface area contributed by atoms with E-state index in [9.17, 15) is 4.79 Å². The number of ether oxygens (including phenoxy) is 1. The van der Waals surface area contributed by atoms with Gasteiger partial charge < -0.3 is 10.1 Å². The van der Waals surface area contributed by atoms with Gasteiger partial charge in [-0.15, -0.1) is 0 Å². The Bertz CT molecular complexity index is 920. The lowest BCUT2D eigenvalue weighted by molar-refractivity contribution is 0.169. The summed E-state index contributed by atoms with van der Waals surface area (Å²) in [6.45, 7) is 2.91. The summed E-state index contributed by atoms with van der Waals surface area (Å²) in [6.07, 6.45) is 1.49. The number of nitrogens with one attached hydrogen (secondary N) is 1. The van der Waals surface area contributed by atoms with Crippen molar-refractivity contribution in [2.75, 3.05) is 13.1 Å². The van der Waals surface area contributed by atoms with Crippen LogP contribution in [0.1, 0.15) is 18.4 Å². The quantitative estimate of drug-likeness (QED) is 0.663. The zero-order valence-electron chi connectivity index (χ0n) is 16.5. The molecule has 4 heteroatoms. The SMILES string of the molecule is O=C(NC1CCN(Cc2ccccc2)CC1)Oc1ccccc1-c1ccccc1. The molecular formula is C25H26N2O2. The number of carbonyl (C=O) groups excluding carboxylic acids is 1. The van der Waals surface area contributed by atoms with Gasteiger partial charge in [-0.1, -0.05) is 78.9 Å². The molecule has 1 N–H and O–H groups in total. The molecule has 0 atom stereocenters. The molecule has 0 radical (unpaired) electrons. The fourth-order valence-electron chi connectivity index (χ4n) is 3.78. The van der Waals surface area contributed by atoms with E-state index in [1.807, 2.05) is 60.7 Å². The van der Waals surface area contributed by atoms with Crippen molar-refractivity contribution in [2.24, 2.45) is 0 Å². The van der Waals surface area contributed by atoms with Crippen LogP contribution in [0.3, 0.4) is 0 Å². The number of nitrogens with zero attached hydrogens (tertiary/aromatic N) is 1. The number of hydrogen-bond donors (Lipinski definition) is 1. The number of carbonyl (C=O) groups is 1. The molecule has 29 heavy (non-hydrogen) atoms. The normalized spacial score (nSPS) is 15.0. The molecule has 1 amide bonds. The van der Waals surface area contributed by atoms with Crippen LogP contribution >= 0.6 is 0 Å². The summed E-state index contributed by atoms with van der Waals surface area (Å²) in [4.78, 5) is 14.9. The molecule has 0 aromatic heterocycles. The highest BCUT2D eigenvalue weighted by Gasteiger charge is 2.22. The molecule has 0 saturated carbocycles. The highest BCUT2D eigenvalue weighted by molar-refractivity contribution is 5.77. The lowest BCUT2D eigenvalue weighted by Gasteiger charge is -2.32. The van der Waals surface area contributed by atoms with Gasteiger partial charge in [-0.3, -0.25) is 4.90 Å². The Hall–Kier alpha value is -3.11. The summed E-state index contributed by atoms with van der Waals surface area (Å²) in [6, 6.07) is 28.3. The first-order chi connectivity index (χ1) is 14.3. The minimum atomic E-state index is -0.380. The zero-order chi connectivity index (χ0) is 19.9. The Morgan fingerprint density at radius 3 is 2.21 bits per heavy atom. The van der Waals surface area contributed by atoms with E-state index < -0.39 is 0 Å². The van der Waals surface area contributed by atoms with Crippen LogP contribution in [0.15, 0.2) is 84.9 Å². The molecule has 1 heterocycles. The molecule has 1 fully saturated rings. The first kappa shape index (κ1) is 19.2. The summed E-state index contributed by atoms with van der Waals surface area (Å²) >= 11 is 0.